The van der Waals surface area contributed by atoms with E-state index in [-0.39, 0.29) is 12.5 Å². The molecule has 1 fully saturated rings. The number of amides is 1. The van der Waals surface area contributed by atoms with Gasteiger partial charge in [-0.15, -0.1) is 5.10 Å². The van der Waals surface area contributed by atoms with Gasteiger partial charge in [-0.05, 0) is 28.5 Å². The summed E-state index contributed by atoms with van der Waals surface area (Å²) in [6.07, 6.45) is 1.45. The Hall–Kier alpha value is -2.28. The zero-order valence-corrected chi connectivity index (χ0v) is 11.7. The van der Waals surface area contributed by atoms with Gasteiger partial charge in [0.25, 0.3) is 0 Å². The summed E-state index contributed by atoms with van der Waals surface area (Å²) in [7, 11) is 0. The maximum Gasteiger partial charge on any atom is 0.244 e. The summed E-state index contributed by atoms with van der Waals surface area (Å²) in [5, 5.41) is 10.8. The maximum atomic E-state index is 12.3. The molecular weight excluding hydrogens is 268 g/mol. The highest BCUT2D eigenvalue weighted by atomic mass is 16.2. The number of likely N-dealkylation sites (tertiary alicyclic amines) is 1. The molecule has 2 heterocycles. The monoisotopic (exact) mass is 286 g/mol. The molecule has 1 saturated heterocycles. The summed E-state index contributed by atoms with van der Waals surface area (Å²) in [5.41, 5.74) is 7.13. The molecule has 1 aromatic heterocycles. The molecule has 2 aromatic rings. The van der Waals surface area contributed by atoms with E-state index in [1.54, 1.807) is 0 Å². The molecule has 2 N–H and O–H groups in total. The van der Waals surface area contributed by atoms with Gasteiger partial charge >= 0.3 is 0 Å². The van der Waals surface area contributed by atoms with Crippen LogP contribution in [0.1, 0.15) is 11.5 Å². The predicted molar refractivity (Wildman–Crippen MR) is 76.1 cm³/mol. The molecule has 1 aromatic carbocycles. The number of nitrogens with zero attached hydrogens (tertiary/aromatic N) is 5. The van der Waals surface area contributed by atoms with E-state index >= 15 is 0 Å². The highest BCUT2D eigenvalue weighted by Gasteiger charge is 2.35. The van der Waals surface area contributed by atoms with E-state index in [0.29, 0.717) is 31.5 Å². The van der Waals surface area contributed by atoms with Crippen LogP contribution in [0, 0.1) is 5.92 Å². The number of nitrogens with two attached hydrogens (primary N) is 1. The minimum atomic E-state index is 0.0270. The Bertz CT molecular complexity index is 585. The first kappa shape index (κ1) is 13.7. The number of hydrogen-bond donors (Lipinski definition) is 1. The number of benzene rings is 1. The van der Waals surface area contributed by atoms with Crippen molar-refractivity contribution in [1.82, 2.24) is 25.1 Å². The lowest BCUT2D eigenvalue weighted by Gasteiger charge is -2.16. The second kappa shape index (κ2) is 6.01. The summed E-state index contributed by atoms with van der Waals surface area (Å²) in [5.74, 6) is 0.624. The molecule has 1 amide bonds. The molecular formula is C14H18N6O. The van der Waals surface area contributed by atoms with E-state index in [9.17, 15) is 4.79 Å². The average molecular weight is 286 g/mol. The van der Waals surface area contributed by atoms with Crippen molar-refractivity contribution in [1.29, 1.82) is 0 Å². The summed E-state index contributed by atoms with van der Waals surface area (Å²) in [4.78, 5) is 14.2. The second-order valence-corrected chi connectivity index (χ2v) is 5.32. The van der Waals surface area contributed by atoms with Crippen LogP contribution in [0.25, 0.3) is 0 Å². The SMILES string of the molecule is NC[C@@H]1CN(C(=O)Cn2cnnn2)C[C@H]1c1ccccc1. The van der Waals surface area contributed by atoms with Gasteiger partial charge < -0.3 is 10.6 Å². The largest absolute Gasteiger partial charge is 0.340 e. The number of carbonyl (C=O) groups excluding carboxylic acids is 1. The zero-order valence-electron chi connectivity index (χ0n) is 11.7. The van der Waals surface area contributed by atoms with Crippen LogP contribution < -0.4 is 5.73 Å². The van der Waals surface area contributed by atoms with E-state index in [2.05, 4.69) is 27.7 Å². The van der Waals surface area contributed by atoms with Crippen LogP contribution >= 0.6 is 0 Å². The van der Waals surface area contributed by atoms with Gasteiger partial charge in [-0.25, -0.2) is 4.68 Å². The molecule has 0 radical (unpaired) electrons. The highest BCUT2D eigenvalue weighted by molar-refractivity contribution is 5.76. The number of rotatable bonds is 4. The summed E-state index contributed by atoms with van der Waals surface area (Å²) >= 11 is 0. The molecule has 0 saturated carbocycles. The molecule has 3 rings (SSSR count). The quantitative estimate of drug-likeness (QED) is 0.846. The fourth-order valence-corrected chi connectivity index (χ4v) is 2.88. The van der Waals surface area contributed by atoms with Crippen molar-refractivity contribution in [3.05, 3.63) is 42.2 Å². The van der Waals surface area contributed by atoms with Crippen LogP contribution in [0.15, 0.2) is 36.7 Å². The van der Waals surface area contributed by atoms with Crippen molar-refractivity contribution in [3.8, 4) is 0 Å². The molecule has 110 valence electrons. The molecule has 0 bridgehead atoms. The van der Waals surface area contributed by atoms with Crippen molar-refractivity contribution in [2.75, 3.05) is 19.6 Å². The second-order valence-electron chi connectivity index (χ2n) is 5.32. The van der Waals surface area contributed by atoms with Gasteiger partial charge in [-0.3, -0.25) is 4.79 Å². The Morgan fingerprint density at radius 1 is 1.29 bits per heavy atom. The normalized spacial score (nSPS) is 21.7. The van der Waals surface area contributed by atoms with Gasteiger partial charge in [-0.1, -0.05) is 30.3 Å². The van der Waals surface area contributed by atoms with E-state index in [1.807, 2.05) is 23.1 Å². The fraction of sp³-hybridized carbons (Fsp3) is 0.429. The molecule has 1 aliphatic rings. The van der Waals surface area contributed by atoms with Gasteiger partial charge in [0.05, 0.1) is 0 Å². The third-order valence-electron chi connectivity index (χ3n) is 4.01. The standard InChI is InChI=1S/C14H18N6O/c15-6-12-7-19(14(21)9-20-10-16-17-18-20)8-13(12)11-4-2-1-3-5-11/h1-5,10,12-13H,6-9,15H2/t12-,13+/m1/s1. The molecule has 21 heavy (non-hydrogen) atoms. The van der Waals surface area contributed by atoms with Crippen molar-refractivity contribution >= 4 is 5.91 Å². The lowest BCUT2D eigenvalue weighted by molar-refractivity contribution is -0.131. The van der Waals surface area contributed by atoms with Gasteiger partial charge in [0.2, 0.25) is 5.91 Å². The van der Waals surface area contributed by atoms with Gasteiger partial charge in [0.15, 0.2) is 0 Å². The molecule has 0 spiro atoms. The Morgan fingerprint density at radius 3 is 2.76 bits per heavy atom. The summed E-state index contributed by atoms with van der Waals surface area (Å²) in [6.45, 7) is 2.14. The number of aromatic nitrogens is 4. The van der Waals surface area contributed by atoms with E-state index in [1.165, 1.54) is 16.6 Å². The Morgan fingerprint density at radius 2 is 2.10 bits per heavy atom. The van der Waals surface area contributed by atoms with Crippen LogP contribution in [-0.4, -0.2) is 50.6 Å². The van der Waals surface area contributed by atoms with Crippen molar-refractivity contribution < 1.29 is 4.79 Å². The number of carbonyl (C=O) groups is 1. The van der Waals surface area contributed by atoms with Gasteiger partial charge in [-0.2, -0.15) is 0 Å². The number of tetrazole rings is 1. The minimum Gasteiger partial charge on any atom is -0.340 e. The first-order valence-electron chi connectivity index (χ1n) is 7.01. The predicted octanol–water partition coefficient (Wildman–Crippen LogP) is -0.126. The van der Waals surface area contributed by atoms with Gasteiger partial charge in [0, 0.05) is 19.0 Å². The lowest BCUT2D eigenvalue weighted by atomic mass is 9.89. The Kier molecular flexibility index (Phi) is 3.92. The topological polar surface area (TPSA) is 89.9 Å². The molecule has 1 aliphatic heterocycles. The van der Waals surface area contributed by atoms with E-state index in [0.717, 1.165) is 0 Å². The third-order valence-corrected chi connectivity index (χ3v) is 4.01. The van der Waals surface area contributed by atoms with E-state index in [4.69, 9.17) is 5.73 Å². The summed E-state index contributed by atoms with van der Waals surface area (Å²) < 4.78 is 1.44. The van der Waals surface area contributed by atoms with Crippen molar-refractivity contribution in [3.63, 3.8) is 0 Å². The molecule has 7 nitrogen and oxygen atoms in total. The first-order chi connectivity index (χ1) is 10.3. The zero-order chi connectivity index (χ0) is 14.7. The molecule has 0 unspecified atom stereocenters. The Labute approximate surface area is 122 Å². The first-order valence-corrected chi connectivity index (χ1v) is 7.01. The average Bonchev–Trinajstić information content (AvgIpc) is 3.17. The van der Waals surface area contributed by atoms with Gasteiger partial charge in [0.1, 0.15) is 12.9 Å². The van der Waals surface area contributed by atoms with Crippen LogP contribution in [0.3, 0.4) is 0 Å². The molecule has 2 atom stereocenters. The minimum absolute atomic E-state index is 0.0270. The van der Waals surface area contributed by atoms with Crippen LogP contribution in [0.4, 0.5) is 0 Å². The van der Waals surface area contributed by atoms with Crippen molar-refractivity contribution in [2.24, 2.45) is 11.7 Å². The lowest BCUT2D eigenvalue weighted by Crippen LogP contribution is -2.32. The van der Waals surface area contributed by atoms with Crippen molar-refractivity contribution in [2.45, 2.75) is 12.5 Å². The maximum absolute atomic E-state index is 12.3. The van der Waals surface area contributed by atoms with Crippen LogP contribution in [0.5, 0.6) is 0 Å². The number of hydrogen-bond acceptors (Lipinski definition) is 5. The smallest absolute Gasteiger partial charge is 0.244 e. The third kappa shape index (κ3) is 2.92. The van der Waals surface area contributed by atoms with Crippen LogP contribution in [-0.2, 0) is 11.3 Å². The fourth-order valence-electron chi connectivity index (χ4n) is 2.88. The molecule has 7 heteroatoms. The molecule has 0 aliphatic carbocycles. The summed E-state index contributed by atoms with van der Waals surface area (Å²) in [6, 6.07) is 10.2. The van der Waals surface area contributed by atoms with Crippen LogP contribution in [0.2, 0.25) is 0 Å². The van der Waals surface area contributed by atoms with E-state index < -0.39 is 0 Å². The highest BCUT2D eigenvalue weighted by Crippen LogP contribution is 2.32. The Balaban J connectivity index is 1.70.